The van der Waals surface area contributed by atoms with Crippen molar-refractivity contribution in [2.75, 3.05) is 5.32 Å². The molecule has 22 heavy (non-hydrogen) atoms. The number of phenolic OH excluding ortho intramolecular Hbond substituents is 1. The van der Waals surface area contributed by atoms with Crippen molar-refractivity contribution >= 4 is 11.8 Å². The third-order valence-electron chi connectivity index (χ3n) is 3.04. The predicted molar refractivity (Wildman–Crippen MR) is 88.1 cm³/mol. The van der Waals surface area contributed by atoms with E-state index in [1.807, 2.05) is 58.0 Å². The molecule has 4 heteroatoms. The fraction of sp³-hybridized carbons (Fsp3) is 0.278. The van der Waals surface area contributed by atoms with Crippen molar-refractivity contribution in [3.05, 3.63) is 48.0 Å². The first kappa shape index (κ1) is 15.9. The first-order valence-corrected chi connectivity index (χ1v) is 7.15. The molecule has 2 aromatic rings. The van der Waals surface area contributed by atoms with Crippen LogP contribution >= 0.6 is 0 Å². The van der Waals surface area contributed by atoms with E-state index in [0.717, 1.165) is 16.7 Å². The van der Waals surface area contributed by atoms with Gasteiger partial charge in [-0.25, -0.2) is 4.79 Å². The second-order valence-corrected chi connectivity index (χ2v) is 6.21. The van der Waals surface area contributed by atoms with Gasteiger partial charge in [-0.3, -0.25) is 5.32 Å². The molecule has 0 spiro atoms. The summed E-state index contributed by atoms with van der Waals surface area (Å²) in [4.78, 5) is 11.8. The molecule has 0 saturated carbocycles. The average molecular weight is 299 g/mol. The van der Waals surface area contributed by atoms with Gasteiger partial charge in [0.25, 0.3) is 0 Å². The van der Waals surface area contributed by atoms with E-state index in [1.165, 1.54) is 0 Å². The van der Waals surface area contributed by atoms with Crippen LogP contribution in [0.15, 0.2) is 42.5 Å². The molecule has 4 nitrogen and oxygen atoms in total. The van der Waals surface area contributed by atoms with E-state index in [1.54, 1.807) is 12.1 Å². The summed E-state index contributed by atoms with van der Waals surface area (Å²) in [6.45, 7) is 7.31. The van der Waals surface area contributed by atoms with Gasteiger partial charge < -0.3 is 9.84 Å². The number of phenols is 1. The van der Waals surface area contributed by atoms with Crippen molar-refractivity contribution < 1.29 is 14.6 Å². The minimum absolute atomic E-state index is 0.270. The van der Waals surface area contributed by atoms with Crippen LogP contribution in [-0.2, 0) is 4.74 Å². The van der Waals surface area contributed by atoms with Crippen LogP contribution in [0.4, 0.5) is 10.5 Å². The Morgan fingerprint density at radius 3 is 2.41 bits per heavy atom. The summed E-state index contributed by atoms with van der Waals surface area (Å²) in [5.41, 5.74) is 2.87. The lowest BCUT2D eigenvalue weighted by Crippen LogP contribution is -2.27. The zero-order chi connectivity index (χ0) is 16.3. The quantitative estimate of drug-likeness (QED) is 0.844. The fourth-order valence-corrected chi connectivity index (χ4v) is 2.03. The molecule has 2 aromatic carbocycles. The normalized spacial score (nSPS) is 11.1. The molecule has 0 aromatic heterocycles. The number of amides is 1. The highest BCUT2D eigenvalue weighted by Gasteiger charge is 2.16. The molecule has 1 amide bonds. The van der Waals surface area contributed by atoms with Gasteiger partial charge in [-0.1, -0.05) is 18.2 Å². The molecule has 0 atom stereocenters. The molecule has 0 heterocycles. The number of hydrogen-bond acceptors (Lipinski definition) is 3. The van der Waals surface area contributed by atoms with E-state index in [-0.39, 0.29) is 5.75 Å². The van der Waals surface area contributed by atoms with Gasteiger partial charge in [0.15, 0.2) is 0 Å². The Bertz CT molecular complexity index is 687. The maximum Gasteiger partial charge on any atom is 0.412 e. The Labute approximate surface area is 130 Å². The summed E-state index contributed by atoms with van der Waals surface area (Å²) in [6.07, 6.45) is -0.480. The van der Waals surface area contributed by atoms with Crippen molar-refractivity contribution in [1.82, 2.24) is 0 Å². The second-order valence-electron chi connectivity index (χ2n) is 6.21. The Hall–Kier alpha value is -2.49. The molecular weight excluding hydrogens is 278 g/mol. The van der Waals surface area contributed by atoms with E-state index in [9.17, 15) is 9.90 Å². The van der Waals surface area contributed by atoms with Gasteiger partial charge in [0, 0.05) is 5.69 Å². The molecule has 0 fully saturated rings. The van der Waals surface area contributed by atoms with Crippen molar-refractivity contribution in [3.8, 4) is 16.9 Å². The van der Waals surface area contributed by atoms with E-state index >= 15 is 0 Å². The zero-order valence-electron chi connectivity index (χ0n) is 13.3. The molecule has 0 aliphatic rings. The highest BCUT2D eigenvalue weighted by molar-refractivity contribution is 5.86. The van der Waals surface area contributed by atoms with Gasteiger partial charge in [-0.15, -0.1) is 0 Å². The molecule has 2 N–H and O–H groups in total. The Kier molecular flexibility index (Phi) is 4.40. The van der Waals surface area contributed by atoms with Gasteiger partial charge >= 0.3 is 6.09 Å². The predicted octanol–water partition coefficient (Wildman–Crippen LogP) is 4.71. The van der Waals surface area contributed by atoms with Crippen LogP contribution in [0.5, 0.6) is 5.75 Å². The largest absolute Gasteiger partial charge is 0.508 e. The van der Waals surface area contributed by atoms with Crippen molar-refractivity contribution in [3.63, 3.8) is 0 Å². The van der Waals surface area contributed by atoms with E-state index in [2.05, 4.69) is 5.32 Å². The number of carbonyl (C=O) groups is 1. The van der Waals surface area contributed by atoms with Gasteiger partial charge in [-0.05, 0) is 68.7 Å². The number of benzene rings is 2. The van der Waals surface area contributed by atoms with Crippen LogP contribution in [-0.4, -0.2) is 16.8 Å². The highest BCUT2D eigenvalue weighted by Crippen LogP contribution is 2.27. The molecule has 0 unspecified atom stereocenters. The van der Waals surface area contributed by atoms with Gasteiger partial charge in [0.05, 0.1) is 0 Å². The van der Waals surface area contributed by atoms with Crippen molar-refractivity contribution in [1.29, 1.82) is 0 Å². The van der Waals surface area contributed by atoms with Gasteiger partial charge in [0.2, 0.25) is 0 Å². The van der Waals surface area contributed by atoms with Crippen LogP contribution in [0.3, 0.4) is 0 Å². The number of rotatable bonds is 2. The fourth-order valence-electron chi connectivity index (χ4n) is 2.03. The Morgan fingerprint density at radius 2 is 1.77 bits per heavy atom. The Morgan fingerprint density at radius 1 is 1.09 bits per heavy atom. The highest BCUT2D eigenvalue weighted by atomic mass is 16.6. The second kappa shape index (κ2) is 6.10. The molecule has 0 aliphatic carbocycles. The van der Waals surface area contributed by atoms with Crippen LogP contribution in [0.25, 0.3) is 11.1 Å². The maximum atomic E-state index is 11.8. The molecule has 0 radical (unpaired) electrons. The third-order valence-corrected chi connectivity index (χ3v) is 3.04. The zero-order valence-corrected chi connectivity index (χ0v) is 13.3. The van der Waals surface area contributed by atoms with E-state index in [0.29, 0.717) is 5.69 Å². The summed E-state index contributed by atoms with van der Waals surface area (Å²) in [7, 11) is 0. The van der Waals surface area contributed by atoms with Crippen LogP contribution < -0.4 is 5.32 Å². The number of carbonyl (C=O) groups excluding carboxylic acids is 1. The number of nitrogens with one attached hydrogen (secondary N) is 1. The van der Waals surface area contributed by atoms with Crippen LogP contribution in [0, 0.1) is 6.92 Å². The molecule has 2 rings (SSSR count). The third kappa shape index (κ3) is 4.25. The van der Waals surface area contributed by atoms with Gasteiger partial charge in [-0.2, -0.15) is 0 Å². The smallest absolute Gasteiger partial charge is 0.412 e. The van der Waals surface area contributed by atoms with Crippen LogP contribution in [0.1, 0.15) is 26.3 Å². The molecular formula is C18H21NO3. The summed E-state index contributed by atoms with van der Waals surface area (Å²) in [5.74, 6) is 0.270. The monoisotopic (exact) mass is 299 g/mol. The van der Waals surface area contributed by atoms with E-state index < -0.39 is 11.7 Å². The first-order valence-electron chi connectivity index (χ1n) is 7.15. The SMILES string of the molecule is Cc1cc(-c2cccc(NC(=O)OC(C)(C)C)c2)ccc1O. The minimum Gasteiger partial charge on any atom is -0.508 e. The van der Waals surface area contributed by atoms with Crippen molar-refractivity contribution in [2.24, 2.45) is 0 Å². The topological polar surface area (TPSA) is 58.6 Å². The first-order chi connectivity index (χ1) is 10.2. The number of aromatic hydroxyl groups is 1. The Balaban J connectivity index is 2.19. The lowest BCUT2D eigenvalue weighted by Gasteiger charge is -2.19. The van der Waals surface area contributed by atoms with Gasteiger partial charge in [0.1, 0.15) is 11.4 Å². The number of ether oxygens (including phenoxy) is 1. The average Bonchev–Trinajstić information content (AvgIpc) is 2.40. The molecule has 0 saturated heterocycles. The number of aryl methyl sites for hydroxylation is 1. The molecule has 116 valence electrons. The number of hydrogen-bond donors (Lipinski definition) is 2. The minimum atomic E-state index is -0.532. The standard InChI is InChI=1S/C18H21NO3/c1-12-10-14(8-9-16(12)20)13-6-5-7-15(11-13)19-17(21)22-18(2,3)4/h5-11,20H,1-4H3,(H,19,21). The molecule has 0 aliphatic heterocycles. The maximum absolute atomic E-state index is 11.8. The summed E-state index contributed by atoms with van der Waals surface area (Å²) in [5, 5.41) is 12.3. The molecule has 0 bridgehead atoms. The lowest BCUT2D eigenvalue weighted by atomic mass is 10.0. The summed E-state index contributed by atoms with van der Waals surface area (Å²) >= 11 is 0. The van der Waals surface area contributed by atoms with Crippen molar-refractivity contribution in [2.45, 2.75) is 33.3 Å². The summed E-state index contributed by atoms with van der Waals surface area (Å²) in [6, 6.07) is 12.9. The number of anilines is 1. The van der Waals surface area contributed by atoms with Crippen LogP contribution in [0.2, 0.25) is 0 Å². The lowest BCUT2D eigenvalue weighted by molar-refractivity contribution is 0.0636. The van der Waals surface area contributed by atoms with E-state index in [4.69, 9.17) is 4.74 Å². The summed E-state index contributed by atoms with van der Waals surface area (Å²) < 4.78 is 5.24.